The highest BCUT2D eigenvalue weighted by Gasteiger charge is 2.22. The molecule has 148 valence electrons. The van der Waals surface area contributed by atoms with Crippen LogP contribution < -0.4 is 19.5 Å². The van der Waals surface area contributed by atoms with Gasteiger partial charge >= 0.3 is 0 Å². The van der Waals surface area contributed by atoms with Gasteiger partial charge in [0.25, 0.3) is 5.91 Å². The summed E-state index contributed by atoms with van der Waals surface area (Å²) in [6.07, 6.45) is 0. The van der Waals surface area contributed by atoms with Gasteiger partial charge in [0.2, 0.25) is 5.75 Å². The number of aryl methyl sites for hydroxylation is 1. The molecule has 1 amide bonds. The van der Waals surface area contributed by atoms with Gasteiger partial charge in [-0.25, -0.2) is 0 Å². The van der Waals surface area contributed by atoms with E-state index in [-0.39, 0.29) is 17.7 Å². The first kappa shape index (κ1) is 19.9. The molecule has 1 unspecified atom stereocenters. The Morgan fingerprint density at radius 3 is 2.29 bits per heavy atom. The Bertz CT molecular complexity index is 1000. The fourth-order valence-electron chi connectivity index (χ4n) is 3.12. The molecular formula is C21H22ClNO5. The third kappa shape index (κ3) is 3.47. The molecule has 0 radical (unpaired) electrons. The standard InChI is InChI=1S/C21H22ClNO5/c1-11-14-7-6-8-15(22)19(14)28-18(11)21(24)23-12(2)13-9-16(25-3)20(27-5)17(10-13)26-4/h6-10,12H,1-5H3,(H,23,24). The Hall–Kier alpha value is -2.86. The molecule has 1 aromatic heterocycles. The van der Waals surface area contributed by atoms with E-state index in [0.717, 1.165) is 16.5 Å². The van der Waals surface area contributed by atoms with E-state index >= 15 is 0 Å². The van der Waals surface area contributed by atoms with Crippen LogP contribution in [0, 0.1) is 6.92 Å². The van der Waals surface area contributed by atoms with E-state index in [9.17, 15) is 4.79 Å². The average molecular weight is 404 g/mol. The summed E-state index contributed by atoms with van der Waals surface area (Å²) in [5.41, 5.74) is 2.05. The predicted molar refractivity (Wildman–Crippen MR) is 108 cm³/mol. The number of amides is 1. The summed E-state index contributed by atoms with van der Waals surface area (Å²) in [6.45, 7) is 3.70. The number of ether oxygens (including phenoxy) is 3. The molecule has 0 aliphatic heterocycles. The van der Waals surface area contributed by atoms with Gasteiger partial charge < -0.3 is 23.9 Å². The molecule has 2 aromatic carbocycles. The first-order valence-corrected chi connectivity index (χ1v) is 9.07. The minimum Gasteiger partial charge on any atom is -0.493 e. The van der Waals surface area contributed by atoms with E-state index in [1.54, 1.807) is 39.5 Å². The zero-order valence-electron chi connectivity index (χ0n) is 16.4. The van der Waals surface area contributed by atoms with Crippen molar-refractivity contribution in [2.24, 2.45) is 0 Å². The van der Waals surface area contributed by atoms with Crippen molar-refractivity contribution in [3.8, 4) is 17.2 Å². The second-order valence-electron chi connectivity index (χ2n) is 6.33. The number of fused-ring (bicyclic) bond motifs is 1. The number of hydrogen-bond acceptors (Lipinski definition) is 5. The van der Waals surface area contributed by atoms with Crippen LogP contribution in [0.2, 0.25) is 5.02 Å². The maximum absolute atomic E-state index is 12.8. The molecule has 28 heavy (non-hydrogen) atoms. The van der Waals surface area contributed by atoms with E-state index in [2.05, 4.69) is 5.32 Å². The van der Waals surface area contributed by atoms with Gasteiger partial charge in [-0.1, -0.05) is 23.7 Å². The Kier molecular flexibility index (Phi) is 5.70. The lowest BCUT2D eigenvalue weighted by molar-refractivity contribution is 0.0913. The Morgan fingerprint density at radius 1 is 1.11 bits per heavy atom. The maximum atomic E-state index is 12.8. The zero-order valence-corrected chi connectivity index (χ0v) is 17.1. The summed E-state index contributed by atoms with van der Waals surface area (Å²) in [5.74, 6) is 1.44. The SMILES string of the molecule is COc1cc(C(C)NC(=O)c2oc3c(Cl)cccc3c2C)cc(OC)c1OC. The number of benzene rings is 2. The van der Waals surface area contributed by atoms with Crippen LogP contribution in [0.1, 0.15) is 34.6 Å². The van der Waals surface area contributed by atoms with E-state index in [1.165, 1.54) is 0 Å². The summed E-state index contributed by atoms with van der Waals surface area (Å²) in [7, 11) is 4.64. The number of carbonyl (C=O) groups excluding carboxylic acids is 1. The Morgan fingerprint density at radius 2 is 1.75 bits per heavy atom. The topological polar surface area (TPSA) is 69.9 Å². The predicted octanol–water partition coefficient (Wildman–Crippen LogP) is 4.91. The lowest BCUT2D eigenvalue weighted by Crippen LogP contribution is -2.26. The first-order chi connectivity index (χ1) is 13.4. The number of carbonyl (C=O) groups is 1. The van der Waals surface area contributed by atoms with Crippen molar-refractivity contribution >= 4 is 28.5 Å². The van der Waals surface area contributed by atoms with Crippen molar-refractivity contribution in [3.05, 3.63) is 52.2 Å². The average Bonchev–Trinajstić information content (AvgIpc) is 3.04. The van der Waals surface area contributed by atoms with Crippen LogP contribution in [0.15, 0.2) is 34.7 Å². The molecule has 1 heterocycles. The second-order valence-corrected chi connectivity index (χ2v) is 6.73. The van der Waals surface area contributed by atoms with Crippen LogP contribution in [0.25, 0.3) is 11.0 Å². The highest BCUT2D eigenvalue weighted by molar-refractivity contribution is 6.35. The molecule has 1 atom stereocenters. The van der Waals surface area contributed by atoms with Gasteiger partial charge in [-0.2, -0.15) is 0 Å². The normalized spacial score (nSPS) is 11.9. The van der Waals surface area contributed by atoms with Crippen LogP contribution in [0.5, 0.6) is 17.2 Å². The summed E-state index contributed by atoms with van der Waals surface area (Å²) >= 11 is 6.18. The highest BCUT2D eigenvalue weighted by Crippen LogP contribution is 2.39. The highest BCUT2D eigenvalue weighted by atomic mass is 35.5. The third-order valence-corrected chi connectivity index (χ3v) is 4.95. The van der Waals surface area contributed by atoms with E-state index < -0.39 is 0 Å². The Labute approximate surface area is 168 Å². The minimum atomic E-state index is -0.329. The number of nitrogens with one attached hydrogen (secondary N) is 1. The monoisotopic (exact) mass is 403 g/mol. The molecule has 7 heteroatoms. The van der Waals surface area contributed by atoms with Gasteiger partial charge in [0.05, 0.1) is 32.4 Å². The molecule has 0 spiro atoms. The first-order valence-electron chi connectivity index (χ1n) is 8.69. The minimum absolute atomic E-state index is 0.238. The van der Waals surface area contributed by atoms with Crippen molar-refractivity contribution < 1.29 is 23.4 Å². The summed E-state index contributed by atoms with van der Waals surface area (Å²) in [6, 6.07) is 8.70. The molecule has 6 nitrogen and oxygen atoms in total. The molecular weight excluding hydrogens is 382 g/mol. The Balaban J connectivity index is 1.91. The van der Waals surface area contributed by atoms with Crippen LogP contribution in [0.3, 0.4) is 0 Å². The molecule has 0 saturated carbocycles. The van der Waals surface area contributed by atoms with Crippen LogP contribution >= 0.6 is 11.6 Å². The van der Waals surface area contributed by atoms with E-state index in [4.69, 9.17) is 30.2 Å². The second kappa shape index (κ2) is 8.02. The van der Waals surface area contributed by atoms with Gasteiger partial charge in [0.1, 0.15) is 0 Å². The van der Waals surface area contributed by atoms with E-state index in [1.807, 2.05) is 26.0 Å². The lowest BCUT2D eigenvalue weighted by atomic mass is 10.1. The number of furan rings is 1. The summed E-state index contributed by atoms with van der Waals surface area (Å²) < 4.78 is 21.8. The zero-order chi connectivity index (χ0) is 20.4. The molecule has 0 bridgehead atoms. The van der Waals surface area contributed by atoms with Gasteiger partial charge in [-0.3, -0.25) is 4.79 Å². The molecule has 3 aromatic rings. The summed E-state index contributed by atoms with van der Waals surface area (Å²) in [4.78, 5) is 12.8. The van der Waals surface area contributed by atoms with Crippen LogP contribution in [-0.2, 0) is 0 Å². The van der Waals surface area contributed by atoms with Crippen LogP contribution in [0.4, 0.5) is 0 Å². The van der Waals surface area contributed by atoms with Crippen molar-refractivity contribution in [3.63, 3.8) is 0 Å². The molecule has 0 saturated heterocycles. The molecule has 3 rings (SSSR count). The quantitative estimate of drug-likeness (QED) is 0.633. The maximum Gasteiger partial charge on any atom is 0.287 e. The summed E-state index contributed by atoms with van der Waals surface area (Å²) in [5, 5.41) is 4.23. The largest absolute Gasteiger partial charge is 0.493 e. The van der Waals surface area contributed by atoms with Gasteiger partial charge in [-0.05, 0) is 37.6 Å². The number of hydrogen-bond donors (Lipinski definition) is 1. The third-order valence-electron chi connectivity index (χ3n) is 4.66. The lowest BCUT2D eigenvalue weighted by Gasteiger charge is -2.18. The van der Waals surface area contributed by atoms with Gasteiger partial charge in [-0.15, -0.1) is 0 Å². The van der Waals surface area contributed by atoms with Crippen molar-refractivity contribution in [1.82, 2.24) is 5.32 Å². The number of methoxy groups -OCH3 is 3. The fraction of sp³-hybridized carbons (Fsp3) is 0.286. The fourth-order valence-corrected chi connectivity index (χ4v) is 3.34. The van der Waals surface area contributed by atoms with Gasteiger partial charge in [0.15, 0.2) is 22.8 Å². The smallest absolute Gasteiger partial charge is 0.287 e. The van der Waals surface area contributed by atoms with Crippen molar-refractivity contribution in [1.29, 1.82) is 0 Å². The van der Waals surface area contributed by atoms with E-state index in [0.29, 0.717) is 27.9 Å². The van der Waals surface area contributed by atoms with Crippen LogP contribution in [-0.4, -0.2) is 27.2 Å². The number of para-hydroxylation sites is 1. The number of rotatable bonds is 6. The number of halogens is 1. The molecule has 1 N–H and O–H groups in total. The molecule has 0 aliphatic carbocycles. The molecule has 0 aliphatic rings. The molecule has 0 fully saturated rings. The van der Waals surface area contributed by atoms with Crippen molar-refractivity contribution in [2.75, 3.05) is 21.3 Å². The van der Waals surface area contributed by atoms with Crippen molar-refractivity contribution in [2.45, 2.75) is 19.9 Å². The van der Waals surface area contributed by atoms with Gasteiger partial charge in [0, 0.05) is 10.9 Å².